The van der Waals surface area contributed by atoms with Crippen LogP contribution < -0.4 is 14.8 Å². The zero-order valence-corrected chi connectivity index (χ0v) is 11.3. The van der Waals surface area contributed by atoms with Crippen molar-refractivity contribution < 1.29 is 23.0 Å². The van der Waals surface area contributed by atoms with Crippen LogP contribution in [0.2, 0.25) is 0 Å². The van der Waals surface area contributed by atoms with E-state index in [0.29, 0.717) is 17.1 Å². The summed E-state index contributed by atoms with van der Waals surface area (Å²) in [5, 5.41) is 2.64. The van der Waals surface area contributed by atoms with E-state index < -0.39 is 11.6 Å². The predicted molar refractivity (Wildman–Crippen MR) is 76.0 cm³/mol. The molecule has 3 rings (SSSR count). The van der Waals surface area contributed by atoms with Crippen LogP contribution in [-0.4, -0.2) is 12.6 Å². The molecule has 0 fully saturated rings. The zero-order chi connectivity index (χ0) is 15.5. The Morgan fingerprint density at radius 1 is 1.05 bits per heavy atom. The van der Waals surface area contributed by atoms with Crippen LogP contribution in [0.5, 0.6) is 11.5 Å². The second-order valence-electron chi connectivity index (χ2n) is 4.57. The quantitative estimate of drug-likeness (QED) is 0.693. The largest absolute Gasteiger partial charge is 0.454 e. The first-order valence-corrected chi connectivity index (χ1v) is 6.45. The number of hydrogen-bond acceptors (Lipinski definition) is 4. The molecule has 0 spiro atoms. The summed E-state index contributed by atoms with van der Waals surface area (Å²) in [5.41, 5.74) is 0.639. The Kier molecular flexibility index (Phi) is 3.74. The van der Waals surface area contributed by atoms with E-state index in [1.54, 1.807) is 18.2 Å². The topological polar surface area (TPSA) is 47.6 Å². The van der Waals surface area contributed by atoms with Crippen LogP contribution in [0.1, 0.15) is 10.4 Å². The van der Waals surface area contributed by atoms with Gasteiger partial charge in [0.2, 0.25) is 6.79 Å². The van der Waals surface area contributed by atoms with Crippen molar-refractivity contribution >= 4 is 11.5 Å². The molecule has 2 aromatic rings. The molecule has 0 saturated carbocycles. The Morgan fingerprint density at radius 3 is 2.55 bits per heavy atom. The van der Waals surface area contributed by atoms with Crippen LogP contribution >= 0.6 is 0 Å². The van der Waals surface area contributed by atoms with Crippen LogP contribution in [0.25, 0.3) is 0 Å². The number of ether oxygens (including phenoxy) is 2. The molecule has 0 aliphatic carbocycles. The highest BCUT2D eigenvalue weighted by Crippen LogP contribution is 2.32. The van der Waals surface area contributed by atoms with Crippen molar-refractivity contribution in [3.8, 4) is 11.5 Å². The van der Waals surface area contributed by atoms with Crippen LogP contribution in [0.3, 0.4) is 0 Å². The maximum atomic E-state index is 13.0. The Bertz CT molecular complexity index is 739. The number of hydrogen-bond donors (Lipinski definition) is 1. The molecule has 0 saturated heterocycles. The van der Waals surface area contributed by atoms with Crippen molar-refractivity contribution in [2.75, 3.05) is 12.1 Å². The number of ketones is 1. The number of halogens is 2. The number of benzene rings is 2. The number of fused-ring (bicyclic) bond motifs is 1. The second-order valence-corrected chi connectivity index (χ2v) is 4.57. The van der Waals surface area contributed by atoms with Gasteiger partial charge in [-0.1, -0.05) is 0 Å². The summed E-state index contributed by atoms with van der Waals surface area (Å²) in [7, 11) is 0. The van der Waals surface area contributed by atoms with Crippen molar-refractivity contribution in [1.82, 2.24) is 0 Å². The third-order valence-corrected chi connectivity index (χ3v) is 3.00. The van der Waals surface area contributed by atoms with Crippen LogP contribution in [0, 0.1) is 11.6 Å². The smallest absolute Gasteiger partial charge is 0.231 e. The third kappa shape index (κ3) is 3.06. The summed E-state index contributed by atoms with van der Waals surface area (Å²) in [6.07, 6.45) is 2.58. The lowest BCUT2D eigenvalue weighted by Gasteiger charge is -2.02. The monoisotopic (exact) mass is 303 g/mol. The molecule has 4 nitrogen and oxygen atoms in total. The zero-order valence-electron chi connectivity index (χ0n) is 11.3. The van der Waals surface area contributed by atoms with E-state index in [4.69, 9.17) is 9.47 Å². The normalized spacial score (nSPS) is 12.6. The molecular formula is C16H11F2NO3. The first-order chi connectivity index (χ1) is 10.6. The van der Waals surface area contributed by atoms with Crippen molar-refractivity contribution in [3.63, 3.8) is 0 Å². The third-order valence-electron chi connectivity index (χ3n) is 3.00. The lowest BCUT2D eigenvalue weighted by atomic mass is 10.1. The lowest BCUT2D eigenvalue weighted by molar-refractivity contribution is 0.104. The Labute approximate surface area is 125 Å². The van der Waals surface area contributed by atoms with Gasteiger partial charge in [-0.2, -0.15) is 0 Å². The average molecular weight is 303 g/mol. The molecule has 112 valence electrons. The van der Waals surface area contributed by atoms with Crippen molar-refractivity contribution in [1.29, 1.82) is 0 Å². The summed E-state index contributed by atoms with van der Waals surface area (Å²) >= 11 is 0. The molecule has 0 radical (unpaired) electrons. The first-order valence-electron chi connectivity index (χ1n) is 6.45. The average Bonchev–Trinajstić information content (AvgIpc) is 2.93. The van der Waals surface area contributed by atoms with Gasteiger partial charge in [-0.05, 0) is 30.3 Å². The van der Waals surface area contributed by atoms with Gasteiger partial charge in [0, 0.05) is 29.6 Å². The predicted octanol–water partition coefficient (Wildman–Crippen LogP) is 3.50. The molecule has 1 N–H and O–H groups in total. The van der Waals surface area contributed by atoms with Gasteiger partial charge in [0.25, 0.3) is 0 Å². The summed E-state index contributed by atoms with van der Waals surface area (Å²) < 4.78 is 36.4. The number of carbonyl (C=O) groups is 1. The number of rotatable bonds is 4. The Hall–Kier alpha value is -2.89. The number of anilines is 1. The highest BCUT2D eigenvalue weighted by atomic mass is 19.1. The van der Waals surface area contributed by atoms with Gasteiger partial charge in [-0.25, -0.2) is 8.78 Å². The molecule has 1 aliphatic heterocycles. The van der Waals surface area contributed by atoms with E-state index in [1.807, 2.05) is 0 Å². The fraction of sp³-hybridized carbons (Fsp3) is 0.0625. The molecular weight excluding hydrogens is 292 g/mol. The minimum absolute atomic E-state index is 0.134. The summed E-state index contributed by atoms with van der Waals surface area (Å²) in [6, 6.07) is 7.86. The molecule has 0 amide bonds. The van der Waals surface area contributed by atoms with Gasteiger partial charge >= 0.3 is 0 Å². The fourth-order valence-corrected chi connectivity index (χ4v) is 2.00. The maximum Gasteiger partial charge on any atom is 0.231 e. The van der Waals surface area contributed by atoms with E-state index in [9.17, 15) is 13.6 Å². The number of nitrogens with one attached hydrogen (secondary N) is 1. The van der Waals surface area contributed by atoms with Gasteiger partial charge in [0.05, 0.1) is 0 Å². The first kappa shape index (κ1) is 14.1. The SMILES string of the molecule is O=C(/C=C/Nc1cc(F)cc(F)c1)c1ccc2c(c1)OCO2. The number of allylic oxidation sites excluding steroid dienone is 1. The van der Waals surface area contributed by atoms with Crippen LogP contribution in [0.4, 0.5) is 14.5 Å². The number of carbonyl (C=O) groups excluding carboxylic acids is 1. The van der Waals surface area contributed by atoms with Crippen molar-refractivity contribution in [3.05, 3.63) is 65.9 Å². The lowest BCUT2D eigenvalue weighted by Crippen LogP contribution is -1.97. The van der Waals surface area contributed by atoms with E-state index in [-0.39, 0.29) is 18.3 Å². The van der Waals surface area contributed by atoms with Gasteiger partial charge in [0.15, 0.2) is 17.3 Å². The summed E-state index contributed by atoms with van der Waals surface area (Å²) in [5.74, 6) is -0.563. The van der Waals surface area contributed by atoms with Gasteiger partial charge in [-0.15, -0.1) is 0 Å². The van der Waals surface area contributed by atoms with Crippen LogP contribution in [-0.2, 0) is 0 Å². The summed E-state index contributed by atoms with van der Waals surface area (Å²) in [6.45, 7) is 0.134. The van der Waals surface area contributed by atoms with E-state index in [1.165, 1.54) is 12.3 Å². The van der Waals surface area contributed by atoms with Crippen molar-refractivity contribution in [2.24, 2.45) is 0 Å². The van der Waals surface area contributed by atoms with Gasteiger partial charge in [-0.3, -0.25) is 4.79 Å². The Balaban J connectivity index is 1.68. The molecule has 0 atom stereocenters. The van der Waals surface area contributed by atoms with Gasteiger partial charge < -0.3 is 14.8 Å². The minimum Gasteiger partial charge on any atom is -0.454 e. The molecule has 0 unspecified atom stereocenters. The molecule has 1 heterocycles. The minimum atomic E-state index is -0.696. The van der Waals surface area contributed by atoms with E-state index in [2.05, 4.69) is 5.32 Å². The molecule has 22 heavy (non-hydrogen) atoms. The van der Waals surface area contributed by atoms with Crippen molar-refractivity contribution in [2.45, 2.75) is 0 Å². The fourth-order valence-electron chi connectivity index (χ4n) is 2.00. The maximum absolute atomic E-state index is 13.0. The van der Waals surface area contributed by atoms with Gasteiger partial charge in [0.1, 0.15) is 11.6 Å². The standard InChI is InChI=1S/C16H11F2NO3/c17-11-6-12(18)8-13(7-11)19-4-3-14(20)10-1-2-15-16(5-10)22-9-21-15/h1-8,19H,9H2/b4-3+. The highest BCUT2D eigenvalue weighted by Gasteiger charge is 2.14. The molecule has 2 aromatic carbocycles. The molecule has 6 heteroatoms. The highest BCUT2D eigenvalue weighted by molar-refractivity contribution is 6.05. The second kappa shape index (κ2) is 5.85. The molecule has 1 aliphatic rings. The van der Waals surface area contributed by atoms with E-state index in [0.717, 1.165) is 18.2 Å². The molecule has 0 bridgehead atoms. The van der Waals surface area contributed by atoms with Crippen LogP contribution in [0.15, 0.2) is 48.7 Å². The summed E-state index contributed by atoms with van der Waals surface area (Å²) in [4.78, 5) is 12.0. The van der Waals surface area contributed by atoms with E-state index >= 15 is 0 Å². The Morgan fingerprint density at radius 2 is 1.77 bits per heavy atom. The molecule has 0 aromatic heterocycles.